The van der Waals surface area contributed by atoms with Crippen LogP contribution in [0.25, 0.3) is 0 Å². The Morgan fingerprint density at radius 3 is 1.59 bits per heavy atom. The van der Waals surface area contributed by atoms with Crippen LogP contribution in [0.5, 0.6) is 0 Å². The third-order valence-electron chi connectivity index (χ3n) is 2.40. The van der Waals surface area contributed by atoms with Crippen molar-refractivity contribution in [3.8, 4) is 0 Å². The van der Waals surface area contributed by atoms with Crippen LogP contribution in [0.4, 0.5) is 22.7 Å². The number of nitro benzene ring substituents is 1. The summed E-state index contributed by atoms with van der Waals surface area (Å²) in [5, 5.41) is 10.1. The molecule has 0 fully saturated rings. The molecule has 0 spiro atoms. The average molecular weight is 941 g/mol. The van der Waals surface area contributed by atoms with Crippen LogP contribution in [0.15, 0.2) is 42.5 Å². The topological polar surface area (TPSA) is 121 Å². The second kappa shape index (κ2) is 24.9. The second-order valence-electron chi connectivity index (χ2n) is 4.02. The fourth-order valence-electron chi connectivity index (χ4n) is 1.29. The summed E-state index contributed by atoms with van der Waals surface area (Å²) in [5.41, 5.74) is 19.5. The smallest absolute Gasteiger partial charge is 0.269 e. The number of hydrogen-bond donors (Lipinski definition) is 3. The van der Waals surface area contributed by atoms with E-state index in [0.29, 0.717) is 18.9 Å². The summed E-state index contributed by atoms with van der Waals surface area (Å²) in [7, 11) is 0. The summed E-state index contributed by atoms with van der Waals surface area (Å²) >= 11 is 9.54. The number of rotatable bonds is 1. The van der Waals surface area contributed by atoms with Gasteiger partial charge in [-0.1, -0.05) is 21.3 Å². The first-order valence-electron chi connectivity index (χ1n) is 6.94. The van der Waals surface area contributed by atoms with Crippen LogP contribution in [0.2, 0.25) is 0 Å². The van der Waals surface area contributed by atoms with Crippen LogP contribution in [-0.4, -0.2) is 4.92 Å². The number of non-ortho nitro benzene ring substituents is 1. The van der Waals surface area contributed by atoms with Crippen molar-refractivity contribution in [2.24, 2.45) is 0 Å². The quantitative estimate of drug-likeness (QED) is 0.168. The number of benzene rings is 2. The van der Waals surface area contributed by atoms with E-state index in [1.807, 2.05) is 32.9 Å². The minimum atomic E-state index is -0.459. The van der Waals surface area contributed by atoms with Gasteiger partial charge >= 0.3 is 50.5 Å². The van der Waals surface area contributed by atoms with Crippen LogP contribution >= 0.6 is 74.5 Å². The molecule has 2 rings (SSSR count). The van der Waals surface area contributed by atoms with E-state index in [-0.39, 0.29) is 13.1 Å². The molecule has 0 saturated heterocycles. The molecule has 0 amide bonds. The Balaban J connectivity index is -0.000000144. The summed E-state index contributed by atoms with van der Waals surface area (Å²) in [6.45, 7) is 5.94. The predicted molar refractivity (Wildman–Crippen MR) is 152 cm³/mol. The van der Waals surface area contributed by atoms with E-state index in [0.717, 1.165) is 16.9 Å². The molecule has 0 aliphatic rings. The first kappa shape index (κ1) is 35.3. The Morgan fingerprint density at radius 2 is 1.30 bits per heavy atom. The molecule has 0 radical (unpaired) electrons. The molecule has 158 valence electrons. The molecule has 0 aromatic heterocycles. The molecule has 0 unspecified atom stereocenters. The summed E-state index contributed by atoms with van der Waals surface area (Å²) in [4.78, 5) is 9.62. The standard InChI is InChI=1S/C7H10N2.C6H6N2O2.C2H6.CH4.I3.I2/c1-5-4-6(8)2-3-7(5)9;7-5-1-3-6(4-2-5)8(9)10;1-2;;1-3-2;1-2/h2-4H,8-9H2,1H3;1-4H,7H2;1-2H3;1H4;;/q;;;;-1;. The van der Waals surface area contributed by atoms with Crippen molar-refractivity contribution in [2.75, 3.05) is 17.2 Å². The zero-order valence-corrected chi connectivity index (χ0v) is 25.2. The minimum absolute atomic E-state index is 0. The van der Waals surface area contributed by atoms with Crippen LogP contribution < -0.4 is 30.5 Å². The number of nitro groups is 1. The molecule has 2 aromatic rings. The average Bonchev–Trinajstić information content (AvgIpc) is 2.63. The van der Waals surface area contributed by atoms with E-state index < -0.39 is 4.92 Å². The number of anilines is 3. The van der Waals surface area contributed by atoms with Gasteiger partial charge in [-0.25, -0.2) is 0 Å². The van der Waals surface area contributed by atoms with E-state index in [1.54, 1.807) is 6.07 Å². The van der Waals surface area contributed by atoms with Crippen molar-refractivity contribution in [2.45, 2.75) is 28.2 Å². The number of hydrogen-bond acceptors (Lipinski definition) is 5. The third kappa shape index (κ3) is 21.4. The molecule has 0 bridgehead atoms. The summed E-state index contributed by atoms with van der Waals surface area (Å²) in [6, 6.07) is 11.2. The van der Waals surface area contributed by atoms with Crippen molar-refractivity contribution in [1.29, 1.82) is 0 Å². The second-order valence-corrected chi connectivity index (χ2v) is 20.3. The number of halogens is 5. The summed E-state index contributed by atoms with van der Waals surface area (Å²) < 4.78 is 0. The molecule has 27 heavy (non-hydrogen) atoms. The zero-order chi connectivity index (χ0) is 21.1. The number of nitrogens with zero attached hydrogens (tertiary/aromatic N) is 1. The van der Waals surface area contributed by atoms with Crippen molar-refractivity contribution < 1.29 is 18.2 Å². The van der Waals surface area contributed by atoms with Gasteiger partial charge in [-0.3, -0.25) is 10.1 Å². The fraction of sp³-hybridized carbons (Fsp3) is 0.250. The van der Waals surface area contributed by atoms with Crippen LogP contribution in [0, 0.1) is 17.0 Å². The van der Waals surface area contributed by atoms with Gasteiger partial charge in [0.15, 0.2) is 0 Å². The van der Waals surface area contributed by atoms with Gasteiger partial charge in [0, 0.05) is 66.4 Å². The molecule has 11 heteroatoms. The Morgan fingerprint density at radius 1 is 0.926 bits per heavy atom. The number of nitrogens with two attached hydrogens (primary N) is 3. The molecule has 6 N–H and O–H groups in total. The van der Waals surface area contributed by atoms with E-state index in [1.165, 1.54) is 24.3 Å². The SMILES string of the molecule is C.CC.Cc1cc(N)ccc1N.II.I[I-]I.Nc1ccc([N+](=O)[O-])cc1. The zero-order valence-electron chi connectivity index (χ0n) is 14.4. The van der Waals surface area contributed by atoms with E-state index >= 15 is 0 Å². The molecule has 0 aliphatic heterocycles. The van der Waals surface area contributed by atoms with Gasteiger partial charge < -0.3 is 17.2 Å². The largest absolute Gasteiger partial charge is 0.399 e. The van der Waals surface area contributed by atoms with Gasteiger partial charge in [-0.15, -0.1) is 0 Å². The Bertz CT molecular complexity index is 602. The Labute approximate surface area is 215 Å². The first-order chi connectivity index (χ1) is 12.3. The number of aryl methyl sites for hydroxylation is 1. The maximum absolute atomic E-state index is 10.1. The van der Waals surface area contributed by atoms with E-state index in [9.17, 15) is 10.1 Å². The number of nitrogen functional groups attached to an aromatic ring is 3. The molecular weight excluding hydrogens is 915 g/mol. The maximum atomic E-state index is 10.1. The Hall–Kier alpha value is 0.890. The van der Waals surface area contributed by atoms with Gasteiger partial charge in [0.1, 0.15) is 0 Å². The van der Waals surface area contributed by atoms with Crippen molar-refractivity contribution in [3.05, 3.63) is 58.1 Å². The molecular formula is C16H26I5N4O2-. The third-order valence-corrected chi connectivity index (χ3v) is 2.40. The van der Waals surface area contributed by atoms with Crippen molar-refractivity contribution in [1.82, 2.24) is 0 Å². The van der Waals surface area contributed by atoms with E-state index in [4.69, 9.17) is 17.2 Å². The summed E-state index contributed by atoms with van der Waals surface area (Å²) in [5.74, 6) is 0. The van der Waals surface area contributed by atoms with E-state index in [2.05, 4.69) is 74.5 Å². The van der Waals surface area contributed by atoms with Crippen molar-refractivity contribution >= 4 is 97.2 Å². The first-order valence-corrected chi connectivity index (χ1v) is 25.8. The van der Waals surface area contributed by atoms with Crippen molar-refractivity contribution in [3.63, 3.8) is 0 Å². The Kier molecular flexibility index (Phi) is 32.6. The van der Waals surface area contributed by atoms with Crippen LogP contribution in [0.3, 0.4) is 0 Å². The normalized spacial score (nSPS) is 7.81. The molecule has 2 aromatic carbocycles. The molecule has 0 heterocycles. The maximum Gasteiger partial charge on any atom is 0.269 e. The molecule has 0 aliphatic carbocycles. The van der Waals surface area contributed by atoms with Gasteiger partial charge in [-0.2, -0.15) is 0 Å². The fourth-order valence-corrected chi connectivity index (χ4v) is 1.29. The molecule has 6 nitrogen and oxygen atoms in total. The predicted octanol–water partition coefficient (Wildman–Crippen LogP) is 4.55. The molecule has 0 atom stereocenters. The van der Waals surface area contributed by atoms with Crippen LogP contribution in [-0.2, 0) is 0 Å². The summed E-state index contributed by atoms with van der Waals surface area (Å²) in [6.07, 6.45) is 0. The monoisotopic (exact) mass is 941 g/mol. The van der Waals surface area contributed by atoms with Gasteiger partial charge in [0.2, 0.25) is 0 Å². The van der Waals surface area contributed by atoms with Gasteiger partial charge in [-0.05, 0) is 42.8 Å². The molecule has 0 saturated carbocycles. The van der Waals surface area contributed by atoms with Crippen LogP contribution in [0.1, 0.15) is 26.8 Å². The van der Waals surface area contributed by atoms with Gasteiger partial charge in [0.05, 0.1) is 4.92 Å². The van der Waals surface area contributed by atoms with Gasteiger partial charge in [0.25, 0.3) is 5.69 Å². The minimum Gasteiger partial charge on any atom is -0.399 e.